The Morgan fingerprint density at radius 2 is 1.51 bits per heavy atom. The number of aryl methyl sites for hydroxylation is 1. The van der Waals surface area contributed by atoms with Gasteiger partial charge in [-0.25, -0.2) is 30.0 Å². The minimum Gasteiger partial charge on any atom is -0.273 e. The van der Waals surface area contributed by atoms with E-state index in [-0.39, 0.29) is 28.8 Å². The molecule has 0 unspecified atom stereocenters. The molecule has 0 radical (unpaired) electrons. The third-order valence-electron chi connectivity index (χ3n) is 7.11. The minimum atomic E-state index is -4.59. The molecule has 1 saturated heterocycles. The van der Waals surface area contributed by atoms with Gasteiger partial charge >= 0.3 is 0 Å². The molecule has 0 bridgehead atoms. The molecule has 0 saturated carbocycles. The number of amides is 1. The van der Waals surface area contributed by atoms with Crippen molar-refractivity contribution in [1.82, 2.24) is 14.1 Å². The van der Waals surface area contributed by atoms with Crippen LogP contribution in [0.3, 0.4) is 0 Å². The summed E-state index contributed by atoms with van der Waals surface area (Å²) in [4.78, 5) is 13.3. The van der Waals surface area contributed by atoms with E-state index in [0.29, 0.717) is 15.9 Å². The quantitative estimate of drug-likeness (QED) is 0.166. The summed E-state index contributed by atoms with van der Waals surface area (Å²) in [6.07, 6.45) is -0.0558. The highest BCUT2D eigenvalue weighted by Gasteiger charge is 2.44. The second-order valence-corrected chi connectivity index (χ2v) is 14.6. The molecule has 0 spiro atoms. The van der Waals surface area contributed by atoms with Gasteiger partial charge in [0.15, 0.2) is 11.6 Å². The Kier molecular flexibility index (Phi) is 8.60. The van der Waals surface area contributed by atoms with Gasteiger partial charge in [0.05, 0.1) is 16.3 Å². The number of halogens is 3. The molecule has 1 aliphatic rings. The Morgan fingerprint density at radius 1 is 0.884 bits per heavy atom. The summed E-state index contributed by atoms with van der Waals surface area (Å²) < 4.78 is 98.2. The van der Waals surface area contributed by atoms with Crippen LogP contribution in [0.25, 0.3) is 10.8 Å². The summed E-state index contributed by atoms with van der Waals surface area (Å²) in [5.41, 5.74) is 2.39. The number of carbonyl (C=O) groups is 1. The monoisotopic (exact) mass is 649 g/mol. The molecule has 43 heavy (non-hydrogen) atoms. The Hall–Kier alpha value is -3.43. The molecule has 1 aliphatic heterocycles. The Balaban J connectivity index is 1.49. The van der Waals surface area contributed by atoms with Crippen LogP contribution in [0.2, 0.25) is 0 Å². The first-order valence-electron chi connectivity index (χ1n) is 13.0. The summed E-state index contributed by atoms with van der Waals surface area (Å²) in [6.45, 7) is 0.670. The lowest BCUT2D eigenvalue weighted by atomic mass is 10.1. The van der Waals surface area contributed by atoms with Gasteiger partial charge in [-0.3, -0.25) is 10.2 Å². The van der Waals surface area contributed by atoms with Gasteiger partial charge in [-0.2, -0.15) is 16.9 Å². The number of hydrogen-bond acceptors (Lipinski definition) is 6. The normalized spacial score (nSPS) is 17.9. The van der Waals surface area contributed by atoms with Crippen LogP contribution in [0, 0.1) is 24.4 Å². The summed E-state index contributed by atoms with van der Waals surface area (Å²) in [5.74, 6) is -5.16. The van der Waals surface area contributed by atoms with Crippen molar-refractivity contribution < 1.29 is 34.8 Å². The molecule has 1 N–H and O–H groups in total. The number of rotatable bonds is 8. The summed E-state index contributed by atoms with van der Waals surface area (Å²) in [6, 6.07) is 16.6. The maximum Gasteiger partial charge on any atom is 0.260 e. The van der Waals surface area contributed by atoms with Gasteiger partial charge in [0.25, 0.3) is 15.9 Å². The number of nitrogens with zero attached hydrogens (tertiary/aromatic N) is 2. The van der Waals surface area contributed by atoms with Crippen LogP contribution in [-0.2, 0) is 31.4 Å². The lowest BCUT2D eigenvalue weighted by molar-refractivity contribution is -0.127. The predicted molar refractivity (Wildman–Crippen MR) is 157 cm³/mol. The second kappa shape index (κ2) is 11.9. The highest BCUT2D eigenvalue weighted by atomic mass is 32.2. The molecule has 1 heterocycles. The number of fused-ring (bicyclic) bond motifs is 1. The van der Waals surface area contributed by atoms with E-state index in [4.69, 9.17) is 0 Å². The molecular formula is C29H26F3N3O5S3. The number of nitrogens with one attached hydrogen (secondary N) is 1. The van der Waals surface area contributed by atoms with Crippen LogP contribution in [0.5, 0.6) is 0 Å². The molecule has 8 nitrogen and oxygen atoms in total. The van der Waals surface area contributed by atoms with Gasteiger partial charge in [0.2, 0.25) is 10.0 Å². The fourth-order valence-electron chi connectivity index (χ4n) is 4.81. The zero-order valence-corrected chi connectivity index (χ0v) is 25.1. The fraction of sp³-hybridized carbons (Fsp3) is 0.207. The van der Waals surface area contributed by atoms with Crippen molar-refractivity contribution in [2.75, 3.05) is 6.54 Å². The van der Waals surface area contributed by atoms with Crippen LogP contribution >= 0.6 is 12.6 Å². The zero-order valence-electron chi connectivity index (χ0n) is 22.6. The average Bonchev–Trinajstić information content (AvgIpc) is 3.38. The lowest BCUT2D eigenvalue weighted by Crippen LogP contribution is -2.53. The number of carbonyl (C=O) groups excluding carboxylic acids is 1. The van der Waals surface area contributed by atoms with Gasteiger partial charge in [-0.05, 0) is 54.4 Å². The second-order valence-electron chi connectivity index (χ2n) is 10.1. The van der Waals surface area contributed by atoms with E-state index >= 15 is 0 Å². The molecular weight excluding hydrogens is 624 g/mol. The van der Waals surface area contributed by atoms with Gasteiger partial charge in [-0.15, -0.1) is 4.41 Å². The standard InChI is InChI=1S/C29H26F3N3O5S3/c1-18-6-9-23(10-7-18)43(39,40)35(16-21-13-26(31)27(32)15-25(21)30)33-29(36)28-14-22(41)17-34(28)42(37,38)24-11-8-19-4-2-3-5-20(19)12-24/h2-13,15,22,28,41H,14,16-17H2,1H3,(H,33,36)/t22-,28+/m1/s1. The lowest BCUT2D eigenvalue weighted by Gasteiger charge is -2.28. The first kappa shape index (κ1) is 31.0. The molecule has 226 valence electrons. The minimum absolute atomic E-state index is 0.0558. The van der Waals surface area contributed by atoms with Crippen LogP contribution in [0.15, 0.2) is 88.7 Å². The first-order valence-corrected chi connectivity index (χ1v) is 16.4. The van der Waals surface area contributed by atoms with Crippen molar-refractivity contribution in [3.63, 3.8) is 0 Å². The van der Waals surface area contributed by atoms with Crippen molar-refractivity contribution in [2.24, 2.45) is 0 Å². The molecule has 2 atom stereocenters. The third kappa shape index (κ3) is 6.29. The Morgan fingerprint density at radius 3 is 2.21 bits per heavy atom. The van der Waals surface area contributed by atoms with Gasteiger partial charge < -0.3 is 0 Å². The fourth-order valence-corrected chi connectivity index (χ4v) is 8.23. The molecule has 1 amide bonds. The number of sulfonamides is 2. The van der Waals surface area contributed by atoms with Crippen LogP contribution in [0.1, 0.15) is 17.5 Å². The van der Waals surface area contributed by atoms with E-state index in [1.54, 1.807) is 25.1 Å². The van der Waals surface area contributed by atoms with E-state index in [1.807, 2.05) is 12.1 Å². The van der Waals surface area contributed by atoms with Crippen molar-refractivity contribution in [2.45, 2.75) is 41.0 Å². The van der Waals surface area contributed by atoms with Crippen molar-refractivity contribution in [1.29, 1.82) is 0 Å². The van der Waals surface area contributed by atoms with E-state index in [9.17, 15) is 34.8 Å². The molecule has 4 aromatic rings. The Bertz CT molecular complexity index is 1920. The van der Waals surface area contributed by atoms with Gasteiger partial charge in [0.1, 0.15) is 11.9 Å². The third-order valence-corrected chi connectivity index (χ3v) is 11.0. The van der Waals surface area contributed by atoms with Gasteiger partial charge in [0, 0.05) is 23.4 Å². The van der Waals surface area contributed by atoms with Gasteiger partial charge in [-0.1, -0.05) is 48.0 Å². The predicted octanol–water partition coefficient (Wildman–Crippen LogP) is 4.55. The maximum absolute atomic E-state index is 14.6. The van der Waals surface area contributed by atoms with E-state index in [1.165, 1.54) is 36.4 Å². The van der Waals surface area contributed by atoms with E-state index < -0.39 is 66.8 Å². The summed E-state index contributed by atoms with van der Waals surface area (Å²) in [7, 11) is -8.85. The first-order chi connectivity index (χ1) is 20.3. The zero-order chi connectivity index (χ0) is 31.1. The molecule has 1 fully saturated rings. The van der Waals surface area contributed by atoms with E-state index in [2.05, 4.69) is 18.1 Å². The van der Waals surface area contributed by atoms with Crippen LogP contribution in [0.4, 0.5) is 13.2 Å². The topological polar surface area (TPSA) is 104 Å². The maximum atomic E-state index is 14.6. The van der Waals surface area contributed by atoms with Crippen molar-refractivity contribution in [3.05, 3.63) is 107 Å². The summed E-state index contributed by atoms with van der Waals surface area (Å²) >= 11 is 4.39. The molecule has 14 heteroatoms. The Labute approximate surface area is 252 Å². The van der Waals surface area contributed by atoms with E-state index in [0.717, 1.165) is 15.3 Å². The van der Waals surface area contributed by atoms with Crippen molar-refractivity contribution >= 4 is 49.4 Å². The highest BCUT2D eigenvalue weighted by molar-refractivity contribution is 7.89. The van der Waals surface area contributed by atoms with Crippen molar-refractivity contribution in [3.8, 4) is 0 Å². The van der Waals surface area contributed by atoms with Crippen LogP contribution in [-0.4, -0.2) is 49.3 Å². The molecule has 4 aromatic carbocycles. The molecule has 0 aromatic heterocycles. The number of hydrazine groups is 1. The van der Waals surface area contributed by atoms with Crippen LogP contribution < -0.4 is 5.43 Å². The molecule has 5 rings (SSSR count). The summed E-state index contributed by atoms with van der Waals surface area (Å²) in [5, 5.41) is 0.914. The number of benzene rings is 4. The SMILES string of the molecule is Cc1ccc(S(=O)(=O)N(Cc2cc(F)c(F)cc2F)NC(=O)[C@@H]2C[C@@H](S)CN2S(=O)(=O)c2ccc3ccccc3c2)cc1. The molecule has 0 aliphatic carbocycles. The smallest absolute Gasteiger partial charge is 0.260 e. The number of thiol groups is 1. The average molecular weight is 650 g/mol. The number of hydrogen-bond donors (Lipinski definition) is 2. The largest absolute Gasteiger partial charge is 0.273 e. The highest BCUT2D eigenvalue weighted by Crippen LogP contribution is 2.31.